The van der Waals surface area contributed by atoms with Crippen molar-refractivity contribution < 1.29 is 13.5 Å². The lowest BCUT2D eigenvalue weighted by Crippen LogP contribution is -2.01. The van der Waals surface area contributed by atoms with Crippen molar-refractivity contribution in [2.45, 2.75) is 11.2 Å². The summed E-state index contributed by atoms with van der Waals surface area (Å²) in [6, 6.07) is 3.85. The highest BCUT2D eigenvalue weighted by Crippen LogP contribution is 2.30. The van der Waals surface area contributed by atoms with Gasteiger partial charge in [-0.05, 0) is 18.6 Å². The van der Waals surface area contributed by atoms with Gasteiger partial charge in [-0.1, -0.05) is 22.0 Å². The summed E-state index contributed by atoms with van der Waals surface area (Å²) in [6.45, 7) is 0.462. The minimum absolute atomic E-state index is 0.0737. The number of halogens is 3. The van der Waals surface area contributed by atoms with Gasteiger partial charge in [0.1, 0.15) is 11.6 Å². The number of methoxy groups -OCH3 is 1. The summed E-state index contributed by atoms with van der Waals surface area (Å²) in [6.07, 6.45) is 0.536. The highest BCUT2D eigenvalue weighted by Gasteiger charge is 2.16. The second-order valence-corrected chi connectivity index (χ2v) is 3.99. The smallest absolute Gasteiger partial charge is 0.130 e. The van der Waals surface area contributed by atoms with Crippen LogP contribution in [0.4, 0.5) is 8.78 Å². The van der Waals surface area contributed by atoms with Crippen LogP contribution >= 0.6 is 15.9 Å². The molecule has 0 radical (unpaired) electrons. The molecule has 1 rings (SSSR count). The molecular formula is C10H11BrF2O. The molecule has 14 heavy (non-hydrogen) atoms. The molecule has 0 saturated carbocycles. The quantitative estimate of drug-likeness (QED) is 0.758. The summed E-state index contributed by atoms with van der Waals surface area (Å²) < 4.78 is 31.3. The maximum atomic E-state index is 13.2. The summed E-state index contributed by atoms with van der Waals surface area (Å²) in [4.78, 5) is -0.344. The molecular weight excluding hydrogens is 254 g/mol. The van der Waals surface area contributed by atoms with E-state index in [4.69, 9.17) is 4.74 Å². The summed E-state index contributed by atoms with van der Waals surface area (Å²) in [5.41, 5.74) is 0.0737. The third-order valence-corrected chi connectivity index (χ3v) is 2.80. The number of rotatable bonds is 4. The van der Waals surface area contributed by atoms with Gasteiger partial charge in [0.15, 0.2) is 0 Å². The Morgan fingerprint density at radius 2 is 1.93 bits per heavy atom. The summed E-state index contributed by atoms with van der Waals surface area (Å²) >= 11 is 3.23. The van der Waals surface area contributed by atoms with Gasteiger partial charge in [-0.15, -0.1) is 0 Å². The number of ether oxygens (including phenoxy) is 1. The van der Waals surface area contributed by atoms with E-state index in [0.717, 1.165) is 0 Å². The van der Waals surface area contributed by atoms with Crippen molar-refractivity contribution in [2.75, 3.05) is 13.7 Å². The Morgan fingerprint density at radius 3 is 2.43 bits per heavy atom. The van der Waals surface area contributed by atoms with E-state index in [0.29, 0.717) is 13.0 Å². The van der Waals surface area contributed by atoms with Crippen LogP contribution in [-0.2, 0) is 4.74 Å². The van der Waals surface area contributed by atoms with Crippen LogP contribution in [0.1, 0.15) is 16.8 Å². The Hall–Kier alpha value is -0.480. The monoisotopic (exact) mass is 264 g/mol. The standard InChI is InChI=1S/C10H11BrF2O/c1-14-6-5-7(11)10-8(12)3-2-4-9(10)13/h2-4,7H,5-6H2,1H3. The zero-order valence-electron chi connectivity index (χ0n) is 7.77. The fourth-order valence-electron chi connectivity index (χ4n) is 1.18. The van der Waals surface area contributed by atoms with Crippen molar-refractivity contribution in [3.8, 4) is 0 Å². The van der Waals surface area contributed by atoms with Gasteiger partial charge >= 0.3 is 0 Å². The van der Waals surface area contributed by atoms with Crippen molar-refractivity contribution in [3.05, 3.63) is 35.4 Å². The Morgan fingerprint density at radius 1 is 1.36 bits per heavy atom. The lowest BCUT2D eigenvalue weighted by atomic mass is 10.1. The number of hydrogen-bond donors (Lipinski definition) is 0. The minimum atomic E-state index is -0.525. The molecule has 0 aliphatic carbocycles. The summed E-state index contributed by atoms with van der Waals surface area (Å²) in [7, 11) is 1.55. The number of benzene rings is 1. The Kier molecular flexibility index (Phi) is 4.48. The molecule has 1 aromatic rings. The lowest BCUT2D eigenvalue weighted by Gasteiger charge is -2.11. The van der Waals surface area contributed by atoms with Crippen LogP contribution in [0.5, 0.6) is 0 Å². The largest absolute Gasteiger partial charge is 0.385 e. The van der Waals surface area contributed by atoms with E-state index in [-0.39, 0.29) is 10.4 Å². The highest BCUT2D eigenvalue weighted by atomic mass is 79.9. The zero-order valence-corrected chi connectivity index (χ0v) is 9.35. The van der Waals surface area contributed by atoms with Gasteiger partial charge in [0.25, 0.3) is 0 Å². The molecule has 0 saturated heterocycles. The van der Waals surface area contributed by atoms with E-state index < -0.39 is 11.6 Å². The van der Waals surface area contributed by atoms with Crippen LogP contribution in [0.25, 0.3) is 0 Å². The van der Waals surface area contributed by atoms with E-state index in [2.05, 4.69) is 15.9 Å². The van der Waals surface area contributed by atoms with Gasteiger partial charge in [-0.2, -0.15) is 0 Å². The van der Waals surface area contributed by atoms with Crippen LogP contribution < -0.4 is 0 Å². The molecule has 0 heterocycles. The second kappa shape index (κ2) is 5.41. The Bertz CT molecular complexity index is 284. The number of alkyl halides is 1. The van der Waals surface area contributed by atoms with Crippen molar-refractivity contribution in [1.82, 2.24) is 0 Å². The minimum Gasteiger partial charge on any atom is -0.385 e. The van der Waals surface area contributed by atoms with E-state index >= 15 is 0 Å². The van der Waals surface area contributed by atoms with Crippen molar-refractivity contribution in [2.24, 2.45) is 0 Å². The van der Waals surface area contributed by atoms with Crippen LogP contribution in [0, 0.1) is 11.6 Å². The maximum Gasteiger partial charge on any atom is 0.130 e. The normalized spacial score (nSPS) is 12.9. The molecule has 0 spiro atoms. The van der Waals surface area contributed by atoms with Crippen LogP contribution in [0.2, 0.25) is 0 Å². The average Bonchev–Trinajstić information content (AvgIpc) is 2.14. The Balaban J connectivity index is 2.82. The van der Waals surface area contributed by atoms with E-state index in [1.54, 1.807) is 7.11 Å². The third kappa shape index (κ3) is 2.75. The Labute approximate surface area is 90.2 Å². The van der Waals surface area contributed by atoms with Crippen molar-refractivity contribution >= 4 is 15.9 Å². The van der Waals surface area contributed by atoms with Gasteiger partial charge in [0, 0.05) is 24.1 Å². The molecule has 0 N–H and O–H groups in total. The molecule has 0 fully saturated rings. The molecule has 0 aliphatic rings. The van der Waals surface area contributed by atoms with Crippen molar-refractivity contribution in [3.63, 3.8) is 0 Å². The maximum absolute atomic E-state index is 13.2. The topological polar surface area (TPSA) is 9.23 Å². The first-order valence-electron chi connectivity index (χ1n) is 4.23. The van der Waals surface area contributed by atoms with Gasteiger partial charge in [0.05, 0.1) is 0 Å². The molecule has 0 aliphatic heterocycles. The zero-order chi connectivity index (χ0) is 10.6. The fraction of sp³-hybridized carbons (Fsp3) is 0.400. The summed E-state index contributed by atoms with van der Waals surface area (Å²) in [5, 5.41) is 0. The molecule has 4 heteroatoms. The predicted octanol–water partition coefficient (Wildman–Crippen LogP) is 3.44. The van der Waals surface area contributed by atoms with Crippen LogP contribution in [0.15, 0.2) is 18.2 Å². The van der Waals surface area contributed by atoms with Gasteiger partial charge < -0.3 is 4.74 Å². The molecule has 0 bridgehead atoms. The first-order chi connectivity index (χ1) is 6.66. The van der Waals surface area contributed by atoms with E-state index in [1.807, 2.05) is 0 Å². The fourth-order valence-corrected chi connectivity index (χ4v) is 1.80. The molecule has 1 unspecified atom stereocenters. The SMILES string of the molecule is COCCC(Br)c1c(F)cccc1F. The molecule has 0 amide bonds. The van der Waals surface area contributed by atoms with Crippen LogP contribution in [-0.4, -0.2) is 13.7 Å². The second-order valence-electron chi connectivity index (χ2n) is 2.88. The van der Waals surface area contributed by atoms with Gasteiger partial charge in [-0.25, -0.2) is 8.78 Å². The van der Waals surface area contributed by atoms with Crippen LogP contribution in [0.3, 0.4) is 0 Å². The molecule has 1 nitrogen and oxygen atoms in total. The van der Waals surface area contributed by atoms with Gasteiger partial charge in [0.2, 0.25) is 0 Å². The third-order valence-electron chi connectivity index (χ3n) is 1.89. The first-order valence-corrected chi connectivity index (χ1v) is 5.15. The van der Waals surface area contributed by atoms with Gasteiger partial charge in [-0.3, -0.25) is 0 Å². The molecule has 1 atom stereocenters. The first kappa shape index (κ1) is 11.6. The molecule has 78 valence electrons. The van der Waals surface area contributed by atoms with Crippen molar-refractivity contribution in [1.29, 1.82) is 0 Å². The molecule has 0 aromatic heterocycles. The summed E-state index contributed by atoms with van der Waals surface area (Å²) in [5.74, 6) is -1.05. The predicted molar refractivity (Wildman–Crippen MR) is 54.5 cm³/mol. The van der Waals surface area contributed by atoms with E-state index in [9.17, 15) is 8.78 Å². The average molecular weight is 265 g/mol. The lowest BCUT2D eigenvalue weighted by molar-refractivity contribution is 0.194. The van der Waals surface area contributed by atoms with E-state index in [1.165, 1.54) is 18.2 Å². The number of hydrogen-bond acceptors (Lipinski definition) is 1. The highest BCUT2D eigenvalue weighted by molar-refractivity contribution is 9.09. The molecule has 1 aromatic carbocycles.